The van der Waals surface area contributed by atoms with Crippen molar-refractivity contribution in [2.45, 2.75) is 69.7 Å². The topological polar surface area (TPSA) is 152 Å². The van der Waals surface area contributed by atoms with E-state index in [1.807, 2.05) is 18.2 Å². The monoisotopic (exact) mass is 467 g/mol. The molecule has 4 rings (SSSR count). The fourth-order valence-electron chi connectivity index (χ4n) is 4.40. The van der Waals surface area contributed by atoms with E-state index in [0.29, 0.717) is 49.4 Å². The Morgan fingerprint density at radius 1 is 1.24 bits per heavy atom. The molecule has 1 amide bonds. The van der Waals surface area contributed by atoms with Crippen molar-refractivity contribution >= 4 is 22.5 Å². The van der Waals surface area contributed by atoms with Crippen LogP contribution < -0.4 is 21.9 Å². The number of carbonyl (C=O) groups excluding carboxylic acids is 1. The molecule has 2 heterocycles. The average Bonchev–Trinajstić information content (AvgIpc) is 3.22. The van der Waals surface area contributed by atoms with Crippen molar-refractivity contribution in [1.29, 1.82) is 0 Å². The Balaban J connectivity index is 1.16. The predicted octanol–water partition coefficient (Wildman–Crippen LogP) is 2.62. The molecule has 1 aromatic carbocycles. The summed E-state index contributed by atoms with van der Waals surface area (Å²) in [5.74, 6) is 2.09. The number of nitrogens with zero attached hydrogens (tertiary/aromatic N) is 3. The van der Waals surface area contributed by atoms with Gasteiger partial charge < -0.3 is 20.9 Å². The second-order valence-corrected chi connectivity index (χ2v) is 9.41. The summed E-state index contributed by atoms with van der Waals surface area (Å²) in [6.07, 6.45) is 6.45. The summed E-state index contributed by atoms with van der Waals surface area (Å²) in [6, 6.07) is 7.31. The van der Waals surface area contributed by atoms with E-state index in [1.165, 1.54) is 0 Å². The van der Waals surface area contributed by atoms with Crippen LogP contribution in [0.2, 0.25) is 0 Å². The molecule has 0 aliphatic heterocycles. The minimum atomic E-state index is -0.213. The van der Waals surface area contributed by atoms with E-state index in [1.54, 1.807) is 6.07 Å². The zero-order valence-electron chi connectivity index (χ0n) is 19.6. The first kappa shape index (κ1) is 23.9. The zero-order chi connectivity index (χ0) is 24.0. The van der Waals surface area contributed by atoms with Gasteiger partial charge in [0, 0.05) is 42.8 Å². The third-order valence-corrected chi connectivity index (χ3v) is 6.44. The molecule has 3 aromatic rings. The Bertz CT molecular complexity index is 1170. The molecule has 0 saturated heterocycles. The first-order chi connectivity index (χ1) is 16.4. The van der Waals surface area contributed by atoms with E-state index < -0.39 is 0 Å². The maximum Gasteiger partial charge on any atom is 0.272 e. The predicted molar refractivity (Wildman–Crippen MR) is 130 cm³/mol. The lowest BCUT2D eigenvalue weighted by Gasteiger charge is -2.21. The molecule has 0 radical (unpaired) electrons. The van der Waals surface area contributed by atoms with E-state index >= 15 is 0 Å². The second kappa shape index (κ2) is 10.8. The summed E-state index contributed by atoms with van der Waals surface area (Å²) in [5.41, 5.74) is 5.97. The summed E-state index contributed by atoms with van der Waals surface area (Å²) in [4.78, 5) is 28.6. The van der Waals surface area contributed by atoms with Crippen LogP contribution in [0.1, 0.15) is 69.5 Å². The van der Waals surface area contributed by atoms with Gasteiger partial charge in [-0.25, -0.2) is 5.10 Å². The lowest BCUT2D eigenvalue weighted by molar-refractivity contribution is -0.121. The van der Waals surface area contributed by atoms with E-state index in [-0.39, 0.29) is 22.9 Å². The Morgan fingerprint density at radius 2 is 2.06 bits per heavy atom. The fraction of sp³-hybridized carbons (Fsp3) is 0.542. The normalized spacial score (nSPS) is 20.7. The number of rotatable bonds is 9. The number of fused-ring (bicyclic) bond motifs is 1. The standard InChI is InChI=1S/C24H33N7O3/c1-24(25)12-4-6-16(11-13-24)21-28-20(34-31-21)10-9-19(32)26-14-5-15-27-22-17-7-2-3-8-18(17)23(33)30-29-22/h2-3,7-8,16H,4-6,9-15,25H2,1H3,(H,26,32)(H,27,29)(H,30,33). The summed E-state index contributed by atoms with van der Waals surface area (Å²) in [5, 5.41) is 18.2. The Morgan fingerprint density at radius 3 is 2.91 bits per heavy atom. The Kier molecular flexibility index (Phi) is 7.56. The van der Waals surface area contributed by atoms with Crippen molar-refractivity contribution in [3.8, 4) is 0 Å². The van der Waals surface area contributed by atoms with Crippen LogP contribution in [-0.2, 0) is 11.2 Å². The molecule has 1 aliphatic rings. The van der Waals surface area contributed by atoms with Crippen LogP contribution in [0.5, 0.6) is 0 Å². The van der Waals surface area contributed by atoms with Crippen LogP contribution in [-0.4, -0.2) is 44.9 Å². The first-order valence-electron chi connectivity index (χ1n) is 12.0. The minimum absolute atomic E-state index is 0.0549. The Labute approximate surface area is 198 Å². The number of nitrogens with two attached hydrogens (primary N) is 1. The zero-order valence-corrected chi connectivity index (χ0v) is 19.6. The number of aryl methyl sites for hydroxylation is 1. The van der Waals surface area contributed by atoms with Crippen LogP contribution in [0.15, 0.2) is 33.6 Å². The van der Waals surface area contributed by atoms with Crippen LogP contribution in [0.25, 0.3) is 10.8 Å². The number of amides is 1. The highest BCUT2D eigenvalue weighted by Gasteiger charge is 2.28. The highest BCUT2D eigenvalue weighted by atomic mass is 16.5. The van der Waals surface area contributed by atoms with E-state index in [9.17, 15) is 9.59 Å². The quantitative estimate of drug-likeness (QED) is 0.277. The maximum absolute atomic E-state index is 12.2. The number of aromatic amines is 1. The van der Waals surface area contributed by atoms with Gasteiger partial charge in [0.2, 0.25) is 11.8 Å². The van der Waals surface area contributed by atoms with E-state index in [2.05, 4.69) is 37.9 Å². The third kappa shape index (κ3) is 6.19. The van der Waals surface area contributed by atoms with E-state index in [0.717, 1.165) is 43.3 Å². The van der Waals surface area contributed by atoms with Crippen LogP contribution in [0.3, 0.4) is 0 Å². The van der Waals surface area contributed by atoms with Gasteiger partial charge in [-0.15, -0.1) is 0 Å². The third-order valence-electron chi connectivity index (χ3n) is 6.44. The number of hydrogen-bond donors (Lipinski definition) is 4. The summed E-state index contributed by atoms with van der Waals surface area (Å²) < 4.78 is 5.38. The van der Waals surface area contributed by atoms with Crippen LogP contribution >= 0.6 is 0 Å². The molecule has 0 bridgehead atoms. The van der Waals surface area contributed by atoms with Gasteiger partial charge >= 0.3 is 0 Å². The lowest BCUT2D eigenvalue weighted by Crippen LogP contribution is -2.34. The number of aromatic nitrogens is 4. The van der Waals surface area contributed by atoms with Crippen molar-refractivity contribution in [3.63, 3.8) is 0 Å². The number of nitrogens with one attached hydrogen (secondary N) is 3. The number of benzene rings is 1. The van der Waals surface area contributed by atoms with Gasteiger partial charge in [0.25, 0.3) is 5.56 Å². The van der Waals surface area contributed by atoms with Gasteiger partial charge in [-0.1, -0.05) is 29.8 Å². The SMILES string of the molecule is CC1(N)CCCC(c2noc(CCC(=O)NCCCNc3n[nH]c(=O)c4ccccc34)n2)CC1. The fourth-order valence-corrected chi connectivity index (χ4v) is 4.40. The molecule has 2 aromatic heterocycles. The molecule has 34 heavy (non-hydrogen) atoms. The van der Waals surface area contributed by atoms with Gasteiger partial charge in [0.1, 0.15) is 0 Å². The maximum atomic E-state index is 12.2. The molecule has 10 nitrogen and oxygen atoms in total. The molecule has 2 atom stereocenters. The van der Waals surface area contributed by atoms with Gasteiger partial charge in [-0.05, 0) is 45.1 Å². The largest absolute Gasteiger partial charge is 0.368 e. The molecule has 182 valence electrons. The van der Waals surface area contributed by atoms with Gasteiger partial charge in [-0.2, -0.15) is 10.1 Å². The number of carbonyl (C=O) groups is 1. The van der Waals surface area contributed by atoms with Gasteiger partial charge in [-0.3, -0.25) is 9.59 Å². The molecular formula is C24H33N7O3. The first-order valence-corrected chi connectivity index (χ1v) is 12.0. The lowest BCUT2D eigenvalue weighted by atomic mass is 9.93. The van der Waals surface area contributed by atoms with E-state index in [4.69, 9.17) is 10.3 Å². The number of H-pyrrole nitrogens is 1. The van der Waals surface area contributed by atoms with Crippen molar-refractivity contribution < 1.29 is 9.32 Å². The summed E-state index contributed by atoms with van der Waals surface area (Å²) in [7, 11) is 0. The smallest absolute Gasteiger partial charge is 0.272 e. The van der Waals surface area contributed by atoms with Crippen molar-refractivity contribution in [2.75, 3.05) is 18.4 Å². The molecule has 2 unspecified atom stereocenters. The number of hydrogen-bond acceptors (Lipinski definition) is 8. The average molecular weight is 468 g/mol. The molecule has 1 saturated carbocycles. The molecule has 5 N–H and O–H groups in total. The van der Waals surface area contributed by atoms with Crippen LogP contribution in [0.4, 0.5) is 5.82 Å². The van der Waals surface area contributed by atoms with Gasteiger partial charge in [0.15, 0.2) is 11.6 Å². The highest BCUT2D eigenvalue weighted by molar-refractivity contribution is 5.90. The van der Waals surface area contributed by atoms with Crippen LogP contribution in [0, 0.1) is 0 Å². The molecular weight excluding hydrogens is 434 g/mol. The highest BCUT2D eigenvalue weighted by Crippen LogP contribution is 2.33. The molecule has 0 spiro atoms. The molecule has 1 fully saturated rings. The molecule has 1 aliphatic carbocycles. The Hall–Kier alpha value is -3.27. The van der Waals surface area contributed by atoms with Crippen molar-refractivity contribution in [1.82, 2.24) is 25.7 Å². The summed E-state index contributed by atoms with van der Waals surface area (Å²) in [6.45, 7) is 3.25. The number of anilines is 1. The molecule has 10 heteroatoms. The second-order valence-electron chi connectivity index (χ2n) is 9.41. The van der Waals surface area contributed by atoms with Crippen molar-refractivity contribution in [3.05, 3.63) is 46.3 Å². The van der Waals surface area contributed by atoms with Gasteiger partial charge in [0.05, 0.1) is 5.39 Å². The summed E-state index contributed by atoms with van der Waals surface area (Å²) >= 11 is 0. The minimum Gasteiger partial charge on any atom is -0.368 e. The van der Waals surface area contributed by atoms with Crippen molar-refractivity contribution in [2.24, 2.45) is 5.73 Å².